The standard InChI is InChI=1S/C19H20N4O5S/c1-5-12(18(25)26)29-16-13-15(22(2)19(27)23(3)17(13)24)20-14(21-16)10-7-6-8-11(9-10)28-4/h6-9,12H,5H2,1-4H3,(H,25,26)/p-1/t12-/m0/s1. The van der Waals surface area contributed by atoms with E-state index in [1.54, 1.807) is 31.2 Å². The number of thioether (sulfide) groups is 1. The fourth-order valence-electron chi connectivity index (χ4n) is 2.84. The molecule has 0 amide bonds. The van der Waals surface area contributed by atoms with Crippen LogP contribution in [0.3, 0.4) is 0 Å². The number of carbonyl (C=O) groups is 1. The van der Waals surface area contributed by atoms with E-state index in [0.29, 0.717) is 11.3 Å². The van der Waals surface area contributed by atoms with Gasteiger partial charge in [0, 0.05) is 19.7 Å². The molecule has 1 aromatic carbocycles. The fourth-order valence-corrected chi connectivity index (χ4v) is 3.81. The van der Waals surface area contributed by atoms with Crippen molar-refractivity contribution >= 4 is 28.8 Å². The van der Waals surface area contributed by atoms with E-state index in [1.165, 1.54) is 25.8 Å². The Kier molecular flexibility index (Phi) is 5.73. The predicted molar refractivity (Wildman–Crippen MR) is 107 cm³/mol. The van der Waals surface area contributed by atoms with Crippen molar-refractivity contribution in [1.82, 2.24) is 19.1 Å². The minimum atomic E-state index is -1.26. The van der Waals surface area contributed by atoms with E-state index in [4.69, 9.17) is 4.74 Å². The molecule has 9 nitrogen and oxygen atoms in total. The Morgan fingerprint density at radius 2 is 1.97 bits per heavy atom. The number of fused-ring (bicyclic) bond motifs is 1. The molecule has 2 aromatic heterocycles. The van der Waals surface area contributed by atoms with Crippen LogP contribution in [0.1, 0.15) is 13.3 Å². The van der Waals surface area contributed by atoms with Crippen molar-refractivity contribution in [2.75, 3.05) is 7.11 Å². The summed E-state index contributed by atoms with van der Waals surface area (Å²) in [5.74, 6) is -0.427. The van der Waals surface area contributed by atoms with Crippen molar-refractivity contribution in [3.05, 3.63) is 45.1 Å². The number of hydrogen-bond acceptors (Lipinski definition) is 8. The van der Waals surface area contributed by atoms with Crippen LogP contribution in [0.2, 0.25) is 0 Å². The van der Waals surface area contributed by atoms with E-state index < -0.39 is 22.5 Å². The number of methoxy groups -OCH3 is 1. The molecule has 0 unspecified atom stereocenters. The van der Waals surface area contributed by atoms with Crippen molar-refractivity contribution in [2.45, 2.75) is 23.6 Å². The first-order chi connectivity index (χ1) is 13.8. The second kappa shape index (κ2) is 8.08. The molecule has 0 aliphatic rings. The SMILES string of the molecule is CC[C@H](Sc1nc(-c2cccc(OC)c2)nc2c1c(=O)n(C)c(=O)n2C)C(=O)[O-]. The van der Waals surface area contributed by atoms with Gasteiger partial charge in [0.25, 0.3) is 5.56 Å². The Bertz CT molecular complexity index is 1220. The van der Waals surface area contributed by atoms with Gasteiger partial charge >= 0.3 is 5.69 Å². The molecule has 0 saturated heterocycles. The second-order valence-corrected chi connectivity index (χ2v) is 7.51. The number of benzene rings is 1. The lowest BCUT2D eigenvalue weighted by Crippen LogP contribution is -2.38. The van der Waals surface area contributed by atoms with Crippen LogP contribution in [0.4, 0.5) is 0 Å². The highest BCUT2D eigenvalue weighted by Crippen LogP contribution is 2.30. The third kappa shape index (κ3) is 3.75. The van der Waals surface area contributed by atoms with Gasteiger partial charge in [0.2, 0.25) is 0 Å². The third-order valence-electron chi connectivity index (χ3n) is 4.48. The first-order valence-corrected chi connectivity index (χ1v) is 9.66. The molecular formula is C19H19N4O5S-. The van der Waals surface area contributed by atoms with Crippen LogP contribution in [0.5, 0.6) is 5.75 Å². The minimum Gasteiger partial charge on any atom is -0.549 e. The molecule has 10 heteroatoms. The lowest BCUT2D eigenvalue weighted by molar-refractivity contribution is -0.304. The number of nitrogens with zero attached hydrogens (tertiary/aromatic N) is 4. The molecule has 0 spiro atoms. The van der Waals surface area contributed by atoms with Crippen LogP contribution in [0.15, 0.2) is 38.9 Å². The number of aryl methyl sites for hydroxylation is 1. The zero-order valence-electron chi connectivity index (χ0n) is 16.3. The summed E-state index contributed by atoms with van der Waals surface area (Å²) in [6, 6.07) is 6.99. The summed E-state index contributed by atoms with van der Waals surface area (Å²) in [6.07, 6.45) is 0.277. The maximum absolute atomic E-state index is 12.8. The minimum absolute atomic E-state index is 0.0888. The van der Waals surface area contributed by atoms with Gasteiger partial charge in [-0.1, -0.05) is 30.8 Å². The molecule has 0 N–H and O–H groups in total. The summed E-state index contributed by atoms with van der Waals surface area (Å²) in [7, 11) is 4.38. The molecule has 3 rings (SSSR count). The van der Waals surface area contributed by atoms with Crippen LogP contribution >= 0.6 is 11.8 Å². The normalized spacial score (nSPS) is 12.1. The quantitative estimate of drug-likeness (QED) is 0.417. The highest BCUT2D eigenvalue weighted by atomic mass is 32.2. The van der Waals surface area contributed by atoms with E-state index in [2.05, 4.69) is 9.97 Å². The molecule has 152 valence electrons. The average molecular weight is 415 g/mol. The zero-order valence-corrected chi connectivity index (χ0v) is 17.1. The molecule has 0 saturated carbocycles. The summed E-state index contributed by atoms with van der Waals surface area (Å²) in [6.45, 7) is 1.70. The number of carboxylic acids is 1. The van der Waals surface area contributed by atoms with Crippen molar-refractivity contribution < 1.29 is 14.6 Å². The summed E-state index contributed by atoms with van der Waals surface area (Å²) in [4.78, 5) is 45.5. The molecule has 0 bridgehead atoms. The van der Waals surface area contributed by atoms with E-state index >= 15 is 0 Å². The van der Waals surface area contributed by atoms with Crippen LogP contribution in [-0.2, 0) is 18.9 Å². The Hall–Kier alpha value is -3.14. The Labute approximate surface area is 170 Å². The fraction of sp³-hybridized carbons (Fsp3) is 0.316. The summed E-state index contributed by atoms with van der Waals surface area (Å²) in [5.41, 5.74) is -0.402. The van der Waals surface area contributed by atoms with Gasteiger partial charge in [-0.3, -0.25) is 13.9 Å². The third-order valence-corrected chi connectivity index (χ3v) is 5.81. The number of carbonyl (C=O) groups excluding carboxylic acids is 1. The average Bonchev–Trinajstić information content (AvgIpc) is 2.73. The molecular weight excluding hydrogens is 396 g/mol. The Balaban J connectivity index is 2.37. The van der Waals surface area contributed by atoms with Crippen molar-refractivity contribution in [3.8, 4) is 17.1 Å². The zero-order chi connectivity index (χ0) is 21.3. The maximum atomic E-state index is 12.8. The van der Waals surface area contributed by atoms with Gasteiger partial charge in [-0.05, 0) is 18.6 Å². The lowest BCUT2D eigenvalue weighted by Gasteiger charge is -2.17. The number of carboxylic acid groups (broad SMARTS) is 1. The monoisotopic (exact) mass is 415 g/mol. The summed E-state index contributed by atoms with van der Waals surface area (Å²) < 4.78 is 7.42. The number of ether oxygens (including phenoxy) is 1. The van der Waals surface area contributed by atoms with E-state index in [-0.39, 0.29) is 28.3 Å². The van der Waals surface area contributed by atoms with Crippen LogP contribution in [-0.4, -0.2) is 37.4 Å². The number of aromatic nitrogens is 4. The second-order valence-electron chi connectivity index (χ2n) is 6.32. The Morgan fingerprint density at radius 1 is 1.24 bits per heavy atom. The molecule has 0 aliphatic carbocycles. The predicted octanol–water partition coefficient (Wildman–Crippen LogP) is 0.323. The number of hydrogen-bond donors (Lipinski definition) is 0. The van der Waals surface area contributed by atoms with Gasteiger partial charge in [-0.25, -0.2) is 14.8 Å². The highest BCUT2D eigenvalue weighted by molar-refractivity contribution is 8.00. The molecule has 0 aliphatic heterocycles. The summed E-state index contributed by atoms with van der Waals surface area (Å²) >= 11 is 0.909. The van der Waals surface area contributed by atoms with Gasteiger partial charge in [0.15, 0.2) is 11.5 Å². The van der Waals surface area contributed by atoms with Crippen LogP contribution in [0, 0.1) is 0 Å². The van der Waals surface area contributed by atoms with Crippen molar-refractivity contribution in [2.24, 2.45) is 14.1 Å². The highest BCUT2D eigenvalue weighted by Gasteiger charge is 2.21. The largest absolute Gasteiger partial charge is 0.549 e. The number of rotatable bonds is 6. The Morgan fingerprint density at radius 3 is 2.59 bits per heavy atom. The molecule has 1 atom stereocenters. The molecule has 0 fully saturated rings. The van der Waals surface area contributed by atoms with E-state index in [1.807, 2.05) is 0 Å². The van der Waals surface area contributed by atoms with Crippen molar-refractivity contribution in [3.63, 3.8) is 0 Å². The molecule has 0 radical (unpaired) electrons. The number of aliphatic carboxylic acids is 1. The first kappa shape index (κ1) is 20.6. The van der Waals surface area contributed by atoms with Gasteiger partial charge in [-0.2, -0.15) is 0 Å². The van der Waals surface area contributed by atoms with E-state index in [0.717, 1.165) is 16.3 Å². The smallest absolute Gasteiger partial charge is 0.332 e. The maximum Gasteiger partial charge on any atom is 0.332 e. The molecule has 3 aromatic rings. The first-order valence-electron chi connectivity index (χ1n) is 8.78. The topological polar surface area (TPSA) is 119 Å². The lowest BCUT2D eigenvalue weighted by atomic mass is 10.2. The summed E-state index contributed by atoms with van der Waals surface area (Å²) in [5, 5.41) is 10.8. The van der Waals surface area contributed by atoms with Crippen LogP contribution in [0.25, 0.3) is 22.4 Å². The van der Waals surface area contributed by atoms with Crippen molar-refractivity contribution in [1.29, 1.82) is 0 Å². The van der Waals surface area contributed by atoms with Gasteiger partial charge in [-0.15, -0.1) is 0 Å². The van der Waals surface area contributed by atoms with Crippen LogP contribution < -0.4 is 21.1 Å². The van der Waals surface area contributed by atoms with E-state index in [9.17, 15) is 19.5 Å². The molecule has 2 heterocycles. The van der Waals surface area contributed by atoms with Gasteiger partial charge in [0.05, 0.1) is 18.3 Å². The van der Waals surface area contributed by atoms with Gasteiger partial charge in [0.1, 0.15) is 16.2 Å². The molecule has 29 heavy (non-hydrogen) atoms. The van der Waals surface area contributed by atoms with Gasteiger partial charge < -0.3 is 14.6 Å².